The van der Waals surface area contributed by atoms with E-state index < -0.39 is 17.7 Å². The van der Waals surface area contributed by atoms with Crippen LogP contribution in [0.1, 0.15) is 23.4 Å². The van der Waals surface area contributed by atoms with Crippen LogP contribution >= 0.6 is 0 Å². The summed E-state index contributed by atoms with van der Waals surface area (Å²) in [6.45, 7) is 1.56. The largest absolute Gasteiger partial charge is 0.317 e. The van der Waals surface area contributed by atoms with Crippen molar-refractivity contribution in [2.75, 3.05) is 13.1 Å². The minimum atomic E-state index is -0.524. The first kappa shape index (κ1) is 11.2. The molecule has 1 saturated heterocycles. The molecule has 2 heterocycles. The third-order valence-corrected chi connectivity index (χ3v) is 2.29. The molecule has 0 unspecified atom stereocenters. The quantitative estimate of drug-likeness (QED) is 0.606. The van der Waals surface area contributed by atoms with Gasteiger partial charge in [0, 0.05) is 6.42 Å². The lowest BCUT2D eigenvalue weighted by molar-refractivity contribution is -0.135. The molecule has 1 aliphatic heterocycles. The van der Waals surface area contributed by atoms with Crippen molar-refractivity contribution in [3.63, 3.8) is 0 Å². The van der Waals surface area contributed by atoms with Gasteiger partial charge >= 0.3 is 0 Å². The van der Waals surface area contributed by atoms with Gasteiger partial charge in [0.1, 0.15) is 18.9 Å². The first-order valence-electron chi connectivity index (χ1n) is 5.13. The number of amides is 3. The van der Waals surface area contributed by atoms with Gasteiger partial charge in [-0.05, 0) is 0 Å². The third kappa shape index (κ3) is 2.30. The second-order valence-corrected chi connectivity index (χ2v) is 3.59. The fraction of sp³-hybridized carbons (Fsp3) is 0.444. The lowest BCUT2D eigenvalue weighted by atomic mass is 10.3. The highest BCUT2D eigenvalue weighted by atomic mass is 16.2. The van der Waals surface area contributed by atoms with Crippen molar-refractivity contribution < 1.29 is 14.4 Å². The Balaban J connectivity index is 2.14. The molecule has 1 aliphatic rings. The summed E-state index contributed by atoms with van der Waals surface area (Å²) in [6.07, 6.45) is 0.625. The first-order chi connectivity index (χ1) is 8.10. The number of aromatic amines is 1. The summed E-state index contributed by atoms with van der Waals surface area (Å²) in [5, 5.41) is 8.46. The molecule has 17 heavy (non-hydrogen) atoms. The van der Waals surface area contributed by atoms with Crippen molar-refractivity contribution in [2.24, 2.45) is 0 Å². The molecule has 90 valence electrons. The van der Waals surface area contributed by atoms with E-state index in [0.717, 1.165) is 4.90 Å². The Morgan fingerprint density at radius 3 is 2.53 bits per heavy atom. The highest BCUT2D eigenvalue weighted by molar-refractivity contribution is 6.04. The van der Waals surface area contributed by atoms with Gasteiger partial charge in [0.15, 0.2) is 0 Å². The second kappa shape index (κ2) is 4.32. The fourth-order valence-corrected chi connectivity index (χ4v) is 1.47. The van der Waals surface area contributed by atoms with Crippen LogP contribution in [0, 0.1) is 0 Å². The molecule has 0 saturated carbocycles. The van der Waals surface area contributed by atoms with Crippen LogP contribution in [0.3, 0.4) is 0 Å². The topological polar surface area (TPSA) is 108 Å². The number of nitrogens with one attached hydrogen (secondary N) is 2. The molecule has 8 nitrogen and oxygen atoms in total. The van der Waals surface area contributed by atoms with E-state index in [2.05, 4.69) is 20.5 Å². The van der Waals surface area contributed by atoms with Crippen LogP contribution in [-0.2, 0) is 16.0 Å². The van der Waals surface area contributed by atoms with Gasteiger partial charge in [0.25, 0.3) is 5.91 Å². The zero-order chi connectivity index (χ0) is 12.4. The van der Waals surface area contributed by atoms with Gasteiger partial charge in [-0.1, -0.05) is 6.92 Å². The minimum Gasteiger partial charge on any atom is -0.317 e. The smallest absolute Gasteiger partial charge is 0.294 e. The zero-order valence-electron chi connectivity index (χ0n) is 9.19. The predicted molar refractivity (Wildman–Crippen MR) is 54.8 cm³/mol. The van der Waals surface area contributed by atoms with Crippen LogP contribution in [-0.4, -0.2) is 50.9 Å². The van der Waals surface area contributed by atoms with E-state index in [1.165, 1.54) is 0 Å². The van der Waals surface area contributed by atoms with Crippen LogP contribution in [0.15, 0.2) is 0 Å². The van der Waals surface area contributed by atoms with Gasteiger partial charge in [-0.25, -0.2) is 4.98 Å². The number of hydrogen-bond acceptors (Lipinski definition) is 5. The summed E-state index contributed by atoms with van der Waals surface area (Å²) < 4.78 is 0. The summed E-state index contributed by atoms with van der Waals surface area (Å²) in [6, 6.07) is 0. The predicted octanol–water partition coefficient (Wildman–Crippen LogP) is -1.53. The van der Waals surface area contributed by atoms with Crippen molar-refractivity contribution in [3.8, 4) is 0 Å². The summed E-state index contributed by atoms with van der Waals surface area (Å²) in [4.78, 5) is 39.1. The molecule has 0 spiro atoms. The van der Waals surface area contributed by atoms with E-state index >= 15 is 0 Å². The molecular weight excluding hydrogens is 226 g/mol. The second-order valence-electron chi connectivity index (χ2n) is 3.59. The number of piperazine rings is 1. The van der Waals surface area contributed by atoms with E-state index in [4.69, 9.17) is 0 Å². The van der Waals surface area contributed by atoms with Gasteiger partial charge in [0.05, 0.1) is 0 Å². The SMILES string of the molecule is CCc1nc(C(=O)N2CC(=O)NC(=O)C2)n[nH]1. The monoisotopic (exact) mass is 237 g/mol. The molecule has 3 amide bonds. The lowest BCUT2D eigenvalue weighted by Gasteiger charge is -2.23. The number of H-pyrrole nitrogens is 1. The summed E-state index contributed by atoms with van der Waals surface area (Å²) in [5.74, 6) is -0.962. The Bertz CT molecular complexity index is 465. The molecule has 0 aromatic carbocycles. The average Bonchev–Trinajstić information content (AvgIpc) is 2.75. The van der Waals surface area contributed by atoms with Gasteiger partial charge in [0.2, 0.25) is 17.6 Å². The van der Waals surface area contributed by atoms with Gasteiger partial charge in [-0.2, -0.15) is 0 Å². The lowest BCUT2D eigenvalue weighted by Crippen LogP contribution is -2.53. The number of carbonyl (C=O) groups excluding carboxylic acids is 3. The number of imide groups is 1. The first-order valence-corrected chi connectivity index (χ1v) is 5.13. The maximum absolute atomic E-state index is 11.9. The molecule has 2 N–H and O–H groups in total. The van der Waals surface area contributed by atoms with E-state index in [-0.39, 0.29) is 18.9 Å². The molecule has 0 aliphatic carbocycles. The minimum absolute atomic E-state index is 0.0237. The highest BCUT2D eigenvalue weighted by Gasteiger charge is 2.29. The van der Waals surface area contributed by atoms with Gasteiger partial charge in [-0.15, -0.1) is 5.10 Å². The normalized spacial score (nSPS) is 15.9. The number of aromatic nitrogens is 3. The fourth-order valence-electron chi connectivity index (χ4n) is 1.47. The van der Waals surface area contributed by atoms with Crippen molar-refractivity contribution in [1.29, 1.82) is 0 Å². The van der Waals surface area contributed by atoms with Crippen LogP contribution < -0.4 is 5.32 Å². The van der Waals surface area contributed by atoms with Gasteiger partial charge < -0.3 is 4.90 Å². The summed E-state index contributed by atoms with van der Waals surface area (Å²) >= 11 is 0. The molecule has 2 rings (SSSR count). The van der Waals surface area contributed by atoms with E-state index in [1.54, 1.807) is 0 Å². The molecular formula is C9H11N5O3. The Labute approximate surface area is 96.4 Å². The Morgan fingerprint density at radius 2 is 2.00 bits per heavy atom. The summed E-state index contributed by atoms with van der Waals surface area (Å²) in [5.41, 5.74) is 0. The van der Waals surface area contributed by atoms with Crippen LogP contribution in [0.2, 0.25) is 0 Å². The number of nitrogens with zero attached hydrogens (tertiary/aromatic N) is 3. The number of aryl methyl sites for hydroxylation is 1. The number of rotatable bonds is 2. The van der Waals surface area contributed by atoms with Crippen molar-refractivity contribution in [1.82, 2.24) is 25.4 Å². The van der Waals surface area contributed by atoms with Crippen LogP contribution in [0.4, 0.5) is 0 Å². The van der Waals surface area contributed by atoms with Crippen LogP contribution in [0.5, 0.6) is 0 Å². The Kier molecular flexibility index (Phi) is 2.86. The van der Waals surface area contributed by atoms with E-state index in [1.807, 2.05) is 6.92 Å². The molecule has 1 aromatic rings. The molecule has 0 bridgehead atoms. The molecule has 0 atom stereocenters. The molecule has 1 aromatic heterocycles. The third-order valence-electron chi connectivity index (χ3n) is 2.29. The number of hydrogen-bond donors (Lipinski definition) is 2. The van der Waals surface area contributed by atoms with Gasteiger partial charge in [-0.3, -0.25) is 24.8 Å². The number of carbonyl (C=O) groups is 3. The van der Waals surface area contributed by atoms with Crippen molar-refractivity contribution >= 4 is 17.7 Å². The molecule has 1 fully saturated rings. The average molecular weight is 237 g/mol. The highest BCUT2D eigenvalue weighted by Crippen LogP contribution is 2.02. The summed E-state index contributed by atoms with van der Waals surface area (Å²) in [7, 11) is 0. The maximum atomic E-state index is 11.9. The molecule has 0 radical (unpaired) electrons. The standard InChI is InChI=1S/C9H11N5O3/c1-2-5-10-8(13-12-5)9(17)14-3-6(15)11-7(16)4-14/h2-4H2,1H3,(H,10,12,13)(H,11,15,16). The van der Waals surface area contributed by atoms with Crippen LogP contribution in [0.25, 0.3) is 0 Å². The molecule has 8 heteroatoms. The van der Waals surface area contributed by atoms with Crippen molar-refractivity contribution in [3.05, 3.63) is 11.6 Å². The van der Waals surface area contributed by atoms with E-state index in [0.29, 0.717) is 12.2 Å². The Morgan fingerprint density at radius 1 is 1.35 bits per heavy atom. The van der Waals surface area contributed by atoms with E-state index in [9.17, 15) is 14.4 Å². The Hall–Kier alpha value is -2.25. The zero-order valence-corrected chi connectivity index (χ0v) is 9.19. The maximum Gasteiger partial charge on any atom is 0.294 e. The van der Waals surface area contributed by atoms with Crippen molar-refractivity contribution in [2.45, 2.75) is 13.3 Å².